The molecule has 8 heteroatoms. The molecule has 1 aromatic rings. The van der Waals surface area contributed by atoms with Gasteiger partial charge in [0.15, 0.2) is 0 Å². The third-order valence-electron chi connectivity index (χ3n) is 4.78. The molecule has 3 aliphatic rings. The molecule has 0 aromatic heterocycles. The molecule has 22 heavy (non-hydrogen) atoms. The van der Waals surface area contributed by atoms with Crippen LogP contribution in [0.2, 0.25) is 0 Å². The third kappa shape index (κ3) is 1.92. The molecule has 2 atom stereocenters. The number of amides is 1. The summed E-state index contributed by atoms with van der Waals surface area (Å²) in [6, 6.07) is 3.47. The Kier molecular flexibility index (Phi) is 3.23. The molecular formula is C14H15FN4O3. The van der Waals surface area contributed by atoms with E-state index in [1.54, 1.807) is 0 Å². The van der Waals surface area contributed by atoms with Crippen LogP contribution in [0.15, 0.2) is 23.3 Å². The minimum Gasteiger partial charge on any atom is -0.465 e. The molecule has 1 aromatic carbocycles. The number of azide groups is 1. The lowest BCUT2D eigenvalue weighted by atomic mass is 9.72. The van der Waals surface area contributed by atoms with Crippen LogP contribution in [0.3, 0.4) is 0 Å². The number of carbonyl (C=O) groups is 1. The second-order valence-corrected chi connectivity index (χ2v) is 6.12. The fourth-order valence-corrected chi connectivity index (χ4v) is 3.91. The lowest BCUT2D eigenvalue weighted by Gasteiger charge is -2.37. The number of aliphatic hydroxyl groups is 1. The number of aliphatic hydroxyl groups excluding tert-OH is 1. The first kappa shape index (κ1) is 14.6. The quantitative estimate of drug-likeness (QED) is 0.507. The van der Waals surface area contributed by atoms with Crippen LogP contribution in [-0.2, 0) is 0 Å². The first-order chi connectivity index (χ1) is 10.4. The van der Waals surface area contributed by atoms with Gasteiger partial charge in [-0.25, -0.2) is 9.18 Å². The van der Waals surface area contributed by atoms with Crippen molar-refractivity contribution in [2.75, 3.05) is 0 Å². The molecule has 1 aliphatic carbocycles. The predicted octanol–water partition coefficient (Wildman–Crippen LogP) is 3.33. The molecule has 4 rings (SSSR count). The lowest BCUT2D eigenvalue weighted by Crippen LogP contribution is -2.47. The number of nitrogens with zero attached hydrogens (tertiary/aromatic N) is 4. The fourth-order valence-electron chi connectivity index (χ4n) is 3.91. The monoisotopic (exact) mass is 306 g/mol. The topological polar surface area (TPSA) is 110 Å². The van der Waals surface area contributed by atoms with Crippen molar-refractivity contribution in [2.24, 2.45) is 11.0 Å². The van der Waals surface area contributed by atoms with Crippen LogP contribution in [-0.4, -0.2) is 32.8 Å². The summed E-state index contributed by atoms with van der Waals surface area (Å²) >= 11 is 0. The molecule has 0 spiro atoms. The Morgan fingerprint density at radius 1 is 1.59 bits per heavy atom. The van der Waals surface area contributed by atoms with Gasteiger partial charge < -0.3 is 10.2 Å². The Morgan fingerprint density at radius 2 is 2.27 bits per heavy atom. The Morgan fingerprint density at radius 3 is 2.86 bits per heavy atom. The summed E-state index contributed by atoms with van der Waals surface area (Å²) < 4.78 is 14.3. The molecule has 2 saturated heterocycles. The second kappa shape index (κ2) is 4.86. The van der Waals surface area contributed by atoms with E-state index in [4.69, 9.17) is 5.53 Å². The van der Waals surface area contributed by atoms with Gasteiger partial charge in [-0.3, -0.25) is 4.90 Å². The number of fused-ring (bicyclic) bond motifs is 1. The van der Waals surface area contributed by atoms with E-state index in [0.717, 1.165) is 0 Å². The van der Waals surface area contributed by atoms with E-state index in [-0.39, 0.29) is 17.2 Å². The summed E-state index contributed by atoms with van der Waals surface area (Å²) in [5, 5.41) is 23.2. The molecule has 1 unspecified atom stereocenters. The van der Waals surface area contributed by atoms with Crippen LogP contribution in [0.1, 0.15) is 31.4 Å². The van der Waals surface area contributed by atoms with Gasteiger partial charge in [0.1, 0.15) is 11.9 Å². The van der Waals surface area contributed by atoms with E-state index in [9.17, 15) is 19.4 Å². The van der Waals surface area contributed by atoms with Gasteiger partial charge in [-0.15, -0.1) is 0 Å². The van der Waals surface area contributed by atoms with Crippen molar-refractivity contribution in [3.8, 4) is 0 Å². The SMILES string of the molecule is CC12CC(C1)[C@H](C(O)c1cccc(N=[N+]=[N-])c1F)N2C(=O)O. The van der Waals surface area contributed by atoms with Crippen LogP contribution in [0.5, 0.6) is 0 Å². The highest BCUT2D eigenvalue weighted by Crippen LogP contribution is 2.57. The van der Waals surface area contributed by atoms with E-state index in [0.29, 0.717) is 12.8 Å². The predicted molar refractivity (Wildman–Crippen MR) is 74.9 cm³/mol. The van der Waals surface area contributed by atoms with Crippen molar-refractivity contribution in [1.82, 2.24) is 4.90 Å². The zero-order chi connectivity index (χ0) is 16.1. The number of rotatable bonds is 3. The first-order valence-electron chi connectivity index (χ1n) is 6.93. The maximum atomic E-state index is 14.3. The largest absolute Gasteiger partial charge is 0.465 e. The van der Waals surface area contributed by atoms with Crippen molar-refractivity contribution < 1.29 is 19.4 Å². The Bertz CT molecular complexity index is 683. The minimum absolute atomic E-state index is 0.0126. The van der Waals surface area contributed by atoms with E-state index in [1.807, 2.05) is 6.92 Å². The number of hydrogen-bond acceptors (Lipinski definition) is 3. The van der Waals surface area contributed by atoms with Crippen LogP contribution in [0.4, 0.5) is 14.9 Å². The number of carboxylic acid groups (broad SMARTS) is 1. The fraction of sp³-hybridized carbons (Fsp3) is 0.500. The van der Waals surface area contributed by atoms with Crippen molar-refractivity contribution >= 4 is 11.8 Å². The maximum absolute atomic E-state index is 14.3. The van der Waals surface area contributed by atoms with Crippen LogP contribution in [0, 0.1) is 11.7 Å². The summed E-state index contributed by atoms with van der Waals surface area (Å²) in [5.41, 5.74) is 7.69. The Balaban J connectivity index is 1.98. The molecule has 1 saturated carbocycles. The van der Waals surface area contributed by atoms with Gasteiger partial charge in [-0.1, -0.05) is 17.2 Å². The van der Waals surface area contributed by atoms with Crippen LogP contribution < -0.4 is 0 Å². The van der Waals surface area contributed by atoms with Gasteiger partial charge in [0.25, 0.3) is 0 Å². The maximum Gasteiger partial charge on any atom is 0.408 e. The van der Waals surface area contributed by atoms with Gasteiger partial charge in [0, 0.05) is 16.0 Å². The number of hydrogen-bond donors (Lipinski definition) is 2. The molecule has 1 amide bonds. The van der Waals surface area contributed by atoms with Crippen molar-refractivity contribution in [3.63, 3.8) is 0 Å². The summed E-state index contributed by atoms with van der Waals surface area (Å²) in [4.78, 5) is 15.3. The third-order valence-corrected chi connectivity index (χ3v) is 4.78. The zero-order valence-corrected chi connectivity index (χ0v) is 11.8. The van der Waals surface area contributed by atoms with E-state index in [2.05, 4.69) is 10.0 Å². The summed E-state index contributed by atoms with van der Waals surface area (Å²) in [7, 11) is 0. The average Bonchev–Trinajstić information content (AvgIpc) is 2.89. The van der Waals surface area contributed by atoms with Gasteiger partial charge in [0.2, 0.25) is 0 Å². The van der Waals surface area contributed by atoms with Gasteiger partial charge in [0.05, 0.1) is 11.7 Å². The molecule has 7 nitrogen and oxygen atoms in total. The van der Waals surface area contributed by atoms with Gasteiger partial charge >= 0.3 is 6.09 Å². The summed E-state index contributed by atoms with van der Waals surface area (Å²) in [5.74, 6) is -0.800. The van der Waals surface area contributed by atoms with Crippen LogP contribution >= 0.6 is 0 Å². The molecule has 116 valence electrons. The second-order valence-electron chi connectivity index (χ2n) is 6.12. The molecular weight excluding hydrogens is 291 g/mol. The molecule has 2 heterocycles. The van der Waals surface area contributed by atoms with E-state index < -0.39 is 29.6 Å². The zero-order valence-electron chi connectivity index (χ0n) is 11.8. The smallest absolute Gasteiger partial charge is 0.408 e. The lowest BCUT2D eigenvalue weighted by molar-refractivity contribution is 0.0499. The molecule has 0 radical (unpaired) electrons. The van der Waals surface area contributed by atoms with Crippen LogP contribution in [0.25, 0.3) is 10.4 Å². The molecule has 3 fully saturated rings. The highest BCUT2D eigenvalue weighted by molar-refractivity contribution is 5.68. The standard InChI is InChI=1S/C14H15FN4O3/c1-14-5-7(6-14)11(19(14)13(21)22)12(20)8-3-2-4-9(10(8)15)17-18-16/h2-4,7,11-12,20H,5-6H2,1H3,(H,21,22)/t7?,11-,12?,14?/m1/s1. The highest BCUT2D eigenvalue weighted by atomic mass is 19.1. The van der Waals surface area contributed by atoms with E-state index >= 15 is 0 Å². The van der Waals surface area contributed by atoms with Crippen molar-refractivity contribution in [2.45, 2.75) is 37.5 Å². The number of benzene rings is 1. The normalized spacial score (nSPS) is 30.4. The molecule has 2 N–H and O–H groups in total. The first-order valence-corrected chi connectivity index (χ1v) is 6.93. The molecule has 2 aliphatic heterocycles. The van der Waals surface area contributed by atoms with Gasteiger partial charge in [-0.05, 0) is 37.3 Å². The number of halogens is 1. The summed E-state index contributed by atoms with van der Waals surface area (Å²) in [6.45, 7) is 1.83. The Hall–Kier alpha value is -2.31. The van der Waals surface area contributed by atoms with Gasteiger partial charge in [-0.2, -0.15) is 0 Å². The minimum atomic E-state index is -1.29. The van der Waals surface area contributed by atoms with Crippen molar-refractivity contribution in [1.29, 1.82) is 0 Å². The van der Waals surface area contributed by atoms with E-state index in [1.165, 1.54) is 23.1 Å². The average molecular weight is 306 g/mol. The summed E-state index contributed by atoms with van der Waals surface area (Å²) in [6.07, 6.45) is -1.07. The molecule has 2 bridgehead atoms. The Labute approximate surface area is 125 Å². The van der Waals surface area contributed by atoms with Crippen molar-refractivity contribution in [3.05, 3.63) is 40.0 Å². The highest BCUT2D eigenvalue weighted by Gasteiger charge is 2.63.